The number of hydrogen-bond donors (Lipinski definition) is 2. The highest BCUT2D eigenvalue weighted by molar-refractivity contribution is 8.03. The van der Waals surface area contributed by atoms with Crippen molar-refractivity contribution in [1.29, 1.82) is 0 Å². The lowest BCUT2D eigenvalue weighted by Crippen LogP contribution is -2.36. The summed E-state index contributed by atoms with van der Waals surface area (Å²) >= 11 is 4.69. The summed E-state index contributed by atoms with van der Waals surface area (Å²) < 4.78 is 40.1. The zero-order valence-electron chi connectivity index (χ0n) is 19.1. The number of anilines is 1. The highest BCUT2D eigenvalue weighted by Crippen LogP contribution is 2.48. The van der Waals surface area contributed by atoms with Gasteiger partial charge in [0.25, 0.3) is 15.1 Å². The fraction of sp³-hybridized carbons (Fsp3) is 0.304. The van der Waals surface area contributed by atoms with Gasteiger partial charge in [0.15, 0.2) is 6.54 Å². The standard InChI is InChI=1S/C23H24N2O6S4/c1-3-15(10-22-25(12-23(26)27)18-13-32-14-20(18)34-22)9-21-24(7-4-8-35(28,29)30)17-11-16(31-2)5-6-19(17)33-21/h5-6,9-11,13-14H,3-4,7-8,12H2,1-2H3,(H-,26,27,28,29,30)/p+1. The molecule has 2 N–H and O–H groups in total. The number of methoxy groups -OCH3 is 1. The van der Waals surface area contributed by atoms with Gasteiger partial charge in [-0.3, -0.25) is 9.35 Å². The molecule has 0 radical (unpaired) electrons. The summed E-state index contributed by atoms with van der Waals surface area (Å²) in [5.74, 6) is -0.518. The van der Waals surface area contributed by atoms with E-state index in [-0.39, 0.29) is 18.7 Å². The Morgan fingerprint density at radius 2 is 2.09 bits per heavy atom. The lowest BCUT2D eigenvalue weighted by Gasteiger charge is -2.17. The van der Waals surface area contributed by atoms with Gasteiger partial charge in [-0.05, 0) is 30.2 Å². The first-order valence-corrected chi connectivity index (χ1v) is 15.0. The van der Waals surface area contributed by atoms with E-state index in [4.69, 9.17) is 4.74 Å². The summed E-state index contributed by atoms with van der Waals surface area (Å²) in [7, 11) is -2.45. The van der Waals surface area contributed by atoms with E-state index >= 15 is 0 Å². The van der Waals surface area contributed by atoms with Gasteiger partial charge >= 0.3 is 5.97 Å². The first-order chi connectivity index (χ1) is 16.7. The Hall–Kier alpha value is -2.38. The Bertz CT molecular complexity index is 1420. The van der Waals surface area contributed by atoms with Crippen LogP contribution in [-0.4, -0.2) is 43.5 Å². The highest BCUT2D eigenvalue weighted by Gasteiger charge is 2.28. The van der Waals surface area contributed by atoms with E-state index in [1.807, 2.05) is 51.4 Å². The number of aliphatic carboxylic acids is 1. The van der Waals surface area contributed by atoms with Crippen molar-refractivity contribution < 1.29 is 32.2 Å². The Labute approximate surface area is 215 Å². The number of allylic oxidation sites excluding steroid dienone is 2. The predicted octanol–water partition coefficient (Wildman–Crippen LogP) is 4.87. The summed E-state index contributed by atoms with van der Waals surface area (Å²) in [4.78, 5) is 14.4. The lowest BCUT2D eigenvalue weighted by molar-refractivity contribution is -0.668. The fourth-order valence-corrected chi connectivity index (χ4v) is 7.51. The maximum Gasteiger partial charge on any atom is 0.323 e. The number of thioether (sulfide) groups is 1. The first kappa shape index (κ1) is 25.7. The molecule has 0 saturated carbocycles. The van der Waals surface area contributed by atoms with E-state index in [0.717, 1.165) is 42.8 Å². The van der Waals surface area contributed by atoms with Gasteiger partial charge in [-0.25, -0.2) is 0 Å². The average Bonchev–Trinajstić information content (AvgIpc) is 3.47. The Balaban J connectivity index is 1.73. The summed E-state index contributed by atoms with van der Waals surface area (Å²) in [6, 6.07) is 5.77. The zero-order valence-corrected chi connectivity index (χ0v) is 22.4. The van der Waals surface area contributed by atoms with E-state index in [9.17, 15) is 22.9 Å². The summed E-state index contributed by atoms with van der Waals surface area (Å²) in [6.07, 6.45) is 5.06. The van der Waals surface area contributed by atoms with Gasteiger partial charge in [0, 0.05) is 28.2 Å². The monoisotopic (exact) mass is 553 g/mol. The van der Waals surface area contributed by atoms with E-state index in [2.05, 4.69) is 6.08 Å². The van der Waals surface area contributed by atoms with Crippen LogP contribution in [0.25, 0.3) is 16.3 Å². The van der Waals surface area contributed by atoms with Crippen molar-refractivity contribution >= 4 is 72.5 Å². The fourth-order valence-electron chi connectivity index (χ4n) is 3.76. The molecule has 0 aliphatic carbocycles. The number of ether oxygens (including phenoxy) is 1. The molecular weight excluding hydrogens is 529 g/mol. The maximum absolute atomic E-state index is 11.5. The van der Waals surface area contributed by atoms with E-state index in [0.29, 0.717) is 12.3 Å². The number of aromatic nitrogens is 1. The SMILES string of the molecule is CCC(=Cc1sc2ccc(OC)cc2[n+]1CCCS(=O)(=O)O)C=C1Sc2cscc2N1CC(=O)O. The number of carboxylic acid groups (broad SMARTS) is 1. The second-order valence-corrected chi connectivity index (χ2v) is 12.3. The van der Waals surface area contributed by atoms with Crippen LogP contribution in [0.4, 0.5) is 5.69 Å². The quantitative estimate of drug-likeness (QED) is 0.271. The number of nitrogens with zero attached hydrogens (tertiary/aromatic N) is 2. The summed E-state index contributed by atoms with van der Waals surface area (Å²) in [6.45, 7) is 2.33. The van der Waals surface area contributed by atoms with Crippen LogP contribution in [-0.2, 0) is 21.5 Å². The molecule has 1 aliphatic heterocycles. The van der Waals surface area contributed by atoms with Crippen LogP contribution >= 0.6 is 34.4 Å². The van der Waals surface area contributed by atoms with Gasteiger partial charge in [-0.15, -0.1) is 11.3 Å². The molecule has 35 heavy (non-hydrogen) atoms. The number of carboxylic acids is 1. The smallest absolute Gasteiger partial charge is 0.323 e. The Morgan fingerprint density at radius 3 is 2.77 bits per heavy atom. The van der Waals surface area contributed by atoms with Crippen molar-refractivity contribution in [3.63, 3.8) is 0 Å². The van der Waals surface area contributed by atoms with E-state index in [1.165, 1.54) is 0 Å². The molecule has 0 amide bonds. The molecule has 1 aliphatic rings. The number of aryl methyl sites for hydroxylation is 1. The molecule has 0 bridgehead atoms. The molecule has 3 aromatic rings. The van der Waals surface area contributed by atoms with Crippen molar-refractivity contribution in [2.75, 3.05) is 24.3 Å². The van der Waals surface area contributed by atoms with Crippen LogP contribution in [0.2, 0.25) is 0 Å². The van der Waals surface area contributed by atoms with Crippen molar-refractivity contribution in [3.05, 3.63) is 50.6 Å². The van der Waals surface area contributed by atoms with Gasteiger partial charge in [0.2, 0.25) is 5.52 Å². The minimum atomic E-state index is -4.05. The number of fused-ring (bicyclic) bond motifs is 2. The number of thiazole rings is 1. The molecule has 186 valence electrons. The normalized spacial score (nSPS) is 15.2. The number of hydrogen-bond acceptors (Lipinski definition) is 8. The van der Waals surface area contributed by atoms with Crippen LogP contribution in [0.1, 0.15) is 24.8 Å². The van der Waals surface area contributed by atoms with Crippen LogP contribution in [0.15, 0.2) is 50.5 Å². The largest absolute Gasteiger partial charge is 0.497 e. The number of rotatable bonds is 10. The van der Waals surface area contributed by atoms with Gasteiger partial charge < -0.3 is 14.7 Å². The van der Waals surface area contributed by atoms with Crippen molar-refractivity contribution in [3.8, 4) is 5.75 Å². The molecule has 0 spiro atoms. The molecule has 0 atom stereocenters. The summed E-state index contributed by atoms with van der Waals surface area (Å²) in [5, 5.41) is 15.2. The average molecular weight is 554 g/mol. The minimum Gasteiger partial charge on any atom is -0.497 e. The third-order valence-corrected chi connectivity index (χ3v) is 9.31. The molecule has 0 fully saturated rings. The number of thiophene rings is 1. The van der Waals surface area contributed by atoms with Crippen LogP contribution in [0.5, 0.6) is 5.75 Å². The first-order valence-electron chi connectivity index (χ1n) is 10.8. The second kappa shape index (κ2) is 10.7. The topological polar surface area (TPSA) is 108 Å². The van der Waals surface area contributed by atoms with Crippen molar-refractivity contribution in [1.82, 2.24) is 0 Å². The molecule has 4 rings (SSSR count). The van der Waals surface area contributed by atoms with Gasteiger partial charge in [-0.1, -0.05) is 30.0 Å². The molecule has 0 unspecified atom stereocenters. The number of carbonyl (C=O) groups is 1. The molecule has 2 aromatic heterocycles. The minimum absolute atomic E-state index is 0.113. The van der Waals surface area contributed by atoms with E-state index < -0.39 is 16.1 Å². The molecular formula is C23H25N2O6S4+. The van der Waals surface area contributed by atoms with E-state index in [1.54, 1.807) is 41.5 Å². The zero-order chi connectivity index (χ0) is 25.2. The molecule has 3 heterocycles. The van der Waals surface area contributed by atoms with Gasteiger partial charge in [0.1, 0.15) is 17.0 Å². The second-order valence-electron chi connectivity index (χ2n) is 7.82. The Morgan fingerprint density at radius 1 is 1.29 bits per heavy atom. The Kier molecular flexibility index (Phi) is 7.86. The van der Waals surface area contributed by atoms with Crippen molar-refractivity contribution in [2.24, 2.45) is 0 Å². The summed E-state index contributed by atoms with van der Waals surface area (Å²) in [5.41, 5.74) is 2.85. The molecule has 12 heteroatoms. The number of benzene rings is 1. The predicted molar refractivity (Wildman–Crippen MR) is 141 cm³/mol. The van der Waals surface area contributed by atoms with Gasteiger partial charge in [-0.2, -0.15) is 13.0 Å². The maximum atomic E-state index is 11.5. The lowest BCUT2D eigenvalue weighted by atomic mass is 10.2. The van der Waals surface area contributed by atoms with Crippen LogP contribution < -0.4 is 14.2 Å². The van der Waals surface area contributed by atoms with Crippen molar-refractivity contribution in [2.45, 2.75) is 31.2 Å². The third-order valence-electron chi connectivity index (χ3n) is 5.42. The molecule has 1 aromatic carbocycles. The van der Waals surface area contributed by atoms with Crippen LogP contribution in [0.3, 0.4) is 0 Å². The third kappa shape index (κ3) is 6.07. The molecule has 8 nitrogen and oxygen atoms in total. The molecule has 0 saturated heterocycles. The van der Waals surface area contributed by atoms with Crippen LogP contribution in [0, 0.1) is 0 Å². The van der Waals surface area contributed by atoms with Gasteiger partial charge in [0.05, 0.1) is 29.6 Å². The highest BCUT2D eigenvalue weighted by atomic mass is 32.2.